The van der Waals surface area contributed by atoms with Crippen LogP contribution in [0.3, 0.4) is 0 Å². The standard InChI is InChI=1S/C14H25NOS/c1-12(2)10-15-8-7-14(3,16)6-4-13-5-9-17-11-13/h5,9,11-12,15-16H,4,6-8,10H2,1-3H3. The van der Waals surface area contributed by atoms with Crippen LogP contribution in [0.5, 0.6) is 0 Å². The molecule has 2 N–H and O–H groups in total. The van der Waals surface area contributed by atoms with Crippen LogP contribution >= 0.6 is 11.3 Å². The summed E-state index contributed by atoms with van der Waals surface area (Å²) in [5.74, 6) is 0.672. The van der Waals surface area contributed by atoms with Gasteiger partial charge in [-0.1, -0.05) is 13.8 Å². The predicted molar refractivity (Wildman–Crippen MR) is 75.6 cm³/mol. The highest BCUT2D eigenvalue weighted by Crippen LogP contribution is 2.18. The summed E-state index contributed by atoms with van der Waals surface area (Å²) >= 11 is 1.72. The molecule has 1 rings (SSSR count). The molecule has 0 spiro atoms. The molecule has 0 saturated heterocycles. The summed E-state index contributed by atoms with van der Waals surface area (Å²) in [5.41, 5.74) is 0.789. The lowest BCUT2D eigenvalue weighted by molar-refractivity contribution is 0.0424. The van der Waals surface area contributed by atoms with E-state index in [-0.39, 0.29) is 0 Å². The molecule has 1 aromatic heterocycles. The first kappa shape index (κ1) is 14.7. The fourth-order valence-electron chi connectivity index (χ4n) is 1.72. The van der Waals surface area contributed by atoms with Gasteiger partial charge >= 0.3 is 0 Å². The Morgan fingerprint density at radius 3 is 2.76 bits per heavy atom. The zero-order valence-electron chi connectivity index (χ0n) is 11.2. The SMILES string of the molecule is CC(C)CNCCC(C)(O)CCc1ccsc1. The van der Waals surface area contributed by atoms with E-state index in [1.807, 2.05) is 6.92 Å². The molecule has 98 valence electrons. The van der Waals surface area contributed by atoms with E-state index in [1.54, 1.807) is 11.3 Å². The zero-order valence-corrected chi connectivity index (χ0v) is 12.0. The van der Waals surface area contributed by atoms with Crippen LogP contribution in [0.4, 0.5) is 0 Å². The molecule has 17 heavy (non-hydrogen) atoms. The molecule has 1 unspecified atom stereocenters. The van der Waals surface area contributed by atoms with Gasteiger partial charge in [-0.05, 0) is 67.6 Å². The molecule has 1 atom stereocenters. The minimum absolute atomic E-state index is 0.550. The summed E-state index contributed by atoms with van der Waals surface area (Å²) in [6, 6.07) is 2.14. The molecule has 0 saturated carbocycles. The molecular weight excluding hydrogens is 230 g/mol. The molecule has 0 amide bonds. The van der Waals surface area contributed by atoms with Crippen molar-refractivity contribution in [1.29, 1.82) is 0 Å². The van der Waals surface area contributed by atoms with Gasteiger partial charge < -0.3 is 10.4 Å². The maximum Gasteiger partial charge on any atom is 0.0635 e. The van der Waals surface area contributed by atoms with Crippen molar-refractivity contribution in [3.05, 3.63) is 22.4 Å². The summed E-state index contributed by atoms with van der Waals surface area (Å²) in [5, 5.41) is 17.9. The quantitative estimate of drug-likeness (QED) is 0.700. The summed E-state index contributed by atoms with van der Waals surface area (Å²) in [7, 11) is 0. The van der Waals surface area contributed by atoms with Crippen LogP contribution in [0, 0.1) is 5.92 Å². The molecule has 0 radical (unpaired) electrons. The Kier molecular flexibility index (Phi) is 6.17. The normalized spacial score (nSPS) is 15.1. The third-order valence-corrected chi connectivity index (χ3v) is 3.66. The molecule has 3 heteroatoms. The van der Waals surface area contributed by atoms with E-state index in [1.165, 1.54) is 5.56 Å². The fraction of sp³-hybridized carbons (Fsp3) is 0.714. The highest BCUT2D eigenvalue weighted by molar-refractivity contribution is 7.07. The number of rotatable bonds is 8. The van der Waals surface area contributed by atoms with Crippen molar-refractivity contribution in [3.8, 4) is 0 Å². The molecule has 0 bridgehead atoms. The minimum atomic E-state index is -0.550. The fourth-order valence-corrected chi connectivity index (χ4v) is 2.43. The van der Waals surface area contributed by atoms with Crippen LogP contribution in [-0.2, 0) is 6.42 Å². The van der Waals surface area contributed by atoms with Gasteiger partial charge in [0, 0.05) is 0 Å². The lowest BCUT2D eigenvalue weighted by Crippen LogP contribution is -2.31. The van der Waals surface area contributed by atoms with Gasteiger partial charge in [0.2, 0.25) is 0 Å². The number of aryl methyl sites for hydroxylation is 1. The van der Waals surface area contributed by atoms with E-state index < -0.39 is 5.60 Å². The van der Waals surface area contributed by atoms with Crippen LogP contribution in [0.2, 0.25) is 0 Å². The second-order valence-corrected chi connectivity index (χ2v) is 6.26. The molecule has 2 nitrogen and oxygen atoms in total. The Morgan fingerprint density at radius 1 is 1.41 bits per heavy atom. The highest BCUT2D eigenvalue weighted by Gasteiger charge is 2.19. The number of thiophene rings is 1. The summed E-state index contributed by atoms with van der Waals surface area (Å²) in [4.78, 5) is 0. The van der Waals surface area contributed by atoms with Gasteiger partial charge in [0.05, 0.1) is 5.60 Å². The van der Waals surface area contributed by atoms with E-state index in [0.29, 0.717) is 5.92 Å². The first-order chi connectivity index (χ1) is 7.99. The van der Waals surface area contributed by atoms with Gasteiger partial charge in [-0.25, -0.2) is 0 Å². The van der Waals surface area contributed by atoms with Crippen LogP contribution in [0.15, 0.2) is 16.8 Å². The molecule has 1 aromatic rings. The van der Waals surface area contributed by atoms with Crippen molar-refractivity contribution in [2.45, 2.75) is 45.6 Å². The van der Waals surface area contributed by atoms with Crippen molar-refractivity contribution in [2.75, 3.05) is 13.1 Å². The first-order valence-electron chi connectivity index (χ1n) is 6.44. The lowest BCUT2D eigenvalue weighted by atomic mass is 9.94. The zero-order chi connectivity index (χ0) is 12.7. The van der Waals surface area contributed by atoms with Gasteiger partial charge in [0.1, 0.15) is 0 Å². The lowest BCUT2D eigenvalue weighted by Gasteiger charge is -2.23. The first-order valence-corrected chi connectivity index (χ1v) is 7.38. The Morgan fingerprint density at radius 2 is 2.18 bits per heavy atom. The van der Waals surface area contributed by atoms with Gasteiger partial charge in [-0.3, -0.25) is 0 Å². The minimum Gasteiger partial charge on any atom is -0.390 e. The number of hydrogen-bond donors (Lipinski definition) is 2. The third kappa shape index (κ3) is 6.81. The average Bonchev–Trinajstić information content (AvgIpc) is 2.74. The second kappa shape index (κ2) is 7.14. The molecule has 0 aromatic carbocycles. The van der Waals surface area contributed by atoms with Gasteiger partial charge in [-0.15, -0.1) is 0 Å². The topological polar surface area (TPSA) is 32.3 Å². The molecule has 0 aliphatic rings. The largest absolute Gasteiger partial charge is 0.390 e. The van der Waals surface area contributed by atoms with Crippen molar-refractivity contribution >= 4 is 11.3 Å². The second-order valence-electron chi connectivity index (χ2n) is 5.48. The highest BCUT2D eigenvalue weighted by atomic mass is 32.1. The van der Waals surface area contributed by atoms with Crippen LogP contribution < -0.4 is 5.32 Å². The van der Waals surface area contributed by atoms with E-state index in [0.717, 1.165) is 32.4 Å². The molecule has 0 aliphatic carbocycles. The van der Waals surface area contributed by atoms with E-state index in [2.05, 4.69) is 36.0 Å². The molecular formula is C14H25NOS. The Balaban J connectivity index is 2.16. The predicted octanol–water partition coefficient (Wildman–Crippen LogP) is 3.07. The van der Waals surface area contributed by atoms with Crippen molar-refractivity contribution in [1.82, 2.24) is 5.32 Å². The van der Waals surface area contributed by atoms with Crippen LogP contribution in [0.1, 0.15) is 39.2 Å². The Labute approximate surface area is 109 Å². The van der Waals surface area contributed by atoms with Gasteiger partial charge in [-0.2, -0.15) is 11.3 Å². The van der Waals surface area contributed by atoms with E-state index in [4.69, 9.17) is 0 Å². The molecule has 0 fully saturated rings. The maximum atomic E-state index is 10.2. The van der Waals surface area contributed by atoms with Crippen LogP contribution in [-0.4, -0.2) is 23.8 Å². The van der Waals surface area contributed by atoms with Gasteiger partial charge in [0.15, 0.2) is 0 Å². The summed E-state index contributed by atoms with van der Waals surface area (Å²) in [6.45, 7) is 8.26. The van der Waals surface area contributed by atoms with Crippen molar-refractivity contribution < 1.29 is 5.11 Å². The van der Waals surface area contributed by atoms with Crippen molar-refractivity contribution in [2.24, 2.45) is 5.92 Å². The smallest absolute Gasteiger partial charge is 0.0635 e. The molecule has 1 heterocycles. The Hall–Kier alpha value is -0.380. The maximum absolute atomic E-state index is 10.2. The summed E-state index contributed by atoms with van der Waals surface area (Å²) in [6.07, 6.45) is 2.64. The third-order valence-electron chi connectivity index (χ3n) is 2.93. The number of hydrogen-bond acceptors (Lipinski definition) is 3. The van der Waals surface area contributed by atoms with E-state index in [9.17, 15) is 5.11 Å². The van der Waals surface area contributed by atoms with Crippen molar-refractivity contribution in [3.63, 3.8) is 0 Å². The Bertz CT molecular complexity index is 293. The number of nitrogens with one attached hydrogen (secondary N) is 1. The summed E-state index contributed by atoms with van der Waals surface area (Å²) < 4.78 is 0. The monoisotopic (exact) mass is 255 g/mol. The average molecular weight is 255 g/mol. The number of aliphatic hydroxyl groups is 1. The molecule has 0 aliphatic heterocycles. The van der Waals surface area contributed by atoms with E-state index >= 15 is 0 Å². The van der Waals surface area contributed by atoms with Crippen LogP contribution in [0.25, 0.3) is 0 Å². The van der Waals surface area contributed by atoms with Gasteiger partial charge in [0.25, 0.3) is 0 Å².